The predicted octanol–water partition coefficient (Wildman–Crippen LogP) is 5.59. The van der Waals surface area contributed by atoms with Crippen molar-refractivity contribution in [3.8, 4) is 5.75 Å². The van der Waals surface area contributed by atoms with E-state index in [1.165, 1.54) is 19.3 Å². The van der Waals surface area contributed by atoms with Gasteiger partial charge in [-0.3, -0.25) is 9.69 Å². The molecular formula is C28H42N6O2. The zero-order chi connectivity index (χ0) is 25.9. The van der Waals surface area contributed by atoms with Crippen LogP contribution in [0.4, 0.5) is 0 Å². The summed E-state index contributed by atoms with van der Waals surface area (Å²) in [6.07, 6.45) is 6.87. The van der Waals surface area contributed by atoms with Gasteiger partial charge >= 0.3 is 0 Å². The summed E-state index contributed by atoms with van der Waals surface area (Å²) in [5, 5.41) is 14.1. The van der Waals surface area contributed by atoms with Crippen LogP contribution in [-0.2, 0) is 12.1 Å². The van der Waals surface area contributed by atoms with Crippen LogP contribution in [0.3, 0.4) is 0 Å². The summed E-state index contributed by atoms with van der Waals surface area (Å²) in [5.74, 6) is 1.97. The Hall–Kier alpha value is -2.74. The van der Waals surface area contributed by atoms with E-state index in [4.69, 9.17) is 4.74 Å². The molecular weight excluding hydrogens is 452 g/mol. The molecule has 0 unspecified atom stereocenters. The molecule has 2 heterocycles. The van der Waals surface area contributed by atoms with Crippen LogP contribution < -0.4 is 10.3 Å². The monoisotopic (exact) mass is 494 g/mol. The molecule has 8 nitrogen and oxygen atoms in total. The molecule has 0 amide bonds. The van der Waals surface area contributed by atoms with Gasteiger partial charge in [0.2, 0.25) is 0 Å². The van der Waals surface area contributed by atoms with Crippen LogP contribution in [0.15, 0.2) is 29.1 Å². The Balaban J connectivity index is 1.78. The average molecular weight is 495 g/mol. The van der Waals surface area contributed by atoms with Crippen molar-refractivity contribution in [1.29, 1.82) is 0 Å². The fraction of sp³-hybridized carbons (Fsp3) is 0.643. The summed E-state index contributed by atoms with van der Waals surface area (Å²) in [6, 6.07) is 8.24. The molecule has 2 aromatic heterocycles. The molecule has 0 spiro atoms. The van der Waals surface area contributed by atoms with E-state index in [-0.39, 0.29) is 23.1 Å². The molecule has 1 N–H and O–H groups in total. The number of fused-ring (bicyclic) bond motifs is 1. The molecule has 0 bridgehead atoms. The minimum atomic E-state index is -0.194. The third-order valence-corrected chi connectivity index (χ3v) is 7.79. The van der Waals surface area contributed by atoms with Crippen molar-refractivity contribution in [1.82, 2.24) is 30.1 Å². The summed E-state index contributed by atoms with van der Waals surface area (Å²) in [4.78, 5) is 18.9. The number of aromatic nitrogens is 5. The SMILES string of the molecule is CCOc1ccc2[nH]c(=O)c(CN(C3CCCCC3)[C@H](c3nnnn3C(C)(C)CC)C(C)C)cc2c1. The summed E-state index contributed by atoms with van der Waals surface area (Å²) >= 11 is 0. The topological polar surface area (TPSA) is 88.9 Å². The van der Waals surface area contributed by atoms with Crippen molar-refractivity contribution in [2.24, 2.45) is 5.92 Å². The average Bonchev–Trinajstić information content (AvgIpc) is 3.35. The van der Waals surface area contributed by atoms with E-state index >= 15 is 0 Å². The van der Waals surface area contributed by atoms with Gasteiger partial charge in [-0.1, -0.05) is 40.0 Å². The van der Waals surface area contributed by atoms with E-state index in [1.54, 1.807) is 0 Å². The molecule has 0 radical (unpaired) electrons. The summed E-state index contributed by atoms with van der Waals surface area (Å²) in [5.41, 5.74) is 1.36. The fourth-order valence-electron chi connectivity index (χ4n) is 5.46. The minimum absolute atomic E-state index is 0.00113. The summed E-state index contributed by atoms with van der Waals surface area (Å²) in [7, 11) is 0. The second kappa shape index (κ2) is 11.1. The van der Waals surface area contributed by atoms with Crippen LogP contribution in [0, 0.1) is 5.92 Å². The number of tetrazole rings is 1. The maximum Gasteiger partial charge on any atom is 0.252 e. The van der Waals surface area contributed by atoms with Gasteiger partial charge in [0.25, 0.3) is 5.56 Å². The van der Waals surface area contributed by atoms with Crippen LogP contribution >= 0.6 is 0 Å². The molecule has 1 fully saturated rings. The van der Waals surface area contributed by atoms with Crippen LogP contribution in [0.2, 0.25) is 0 Å². The van der Waals surface area contributed by atoms with Crippen LogP contribution in [-0.4, -0.2) is 42.7 Å². The quantitative estimate of drug-likeness (QED) is 0.395. The van der Waals surface area contributed by atoms with Crippen molar-refractivity contribution < 1.29 is 4.74 Å². The van der Waals surface area contributed by atoms with E-state index in [2.05, 4.69) is 60.0 Å². The highest BCUT2D eigenvalue weighted by atomic mass is 16.5. The summed E-state index contributed by atoms with van der Waals surface area (Å²) in [6.45, 7) is 14.1. The standard InChI is InChI=1S/C28H42N6O2/c1-7-28(5,6)34-26(30-31-32-34)25(19(3)4)33(22-12-10-9-11-13-22)18-21-16-20-17-23(36-8-2)14-15-24(20)29-27(21)35/h14-17,19,22,25H,7-13,18H2,1-6H3,(H,29,35)/t25-/m0/s1. The Bertz CT molecular complexity index is 1210. The number of aromatic amines is 1. The molecule has 196 valence electrons. The van der Waals surface area contributed by atoms with Crippen LogP contribution in [0.5, 0.6) is 5.75 Å². The Kier molecular flexibility index (Phi) is 8.13. The van der Waals surface area contributed by atoms with E-state index < -0.39 is 0 Å². The highest BCUT2D eigenvalue weighted by Crippen LogP contribution is 2.37. The summed E-state index contributed by atoms with van der Waals surface area (Å²) < 4.78 is 7.71. The lowest BCUT2D eigenvalue weighted by Crippen LogP contribution is -2.44. The molecule has 1 atom stereocenters. The van der Waals surface area contributed by atoms with Gasteiger partial charge in [0.1, 0.15) is 5.75 Å². The molecule has 36 heavy (non-hydrogen) atoms. The number of hydrogen-bond donors (Lipinski definition) is 1. The molecule has 0 aliphatic heterocycles. The third kappa shape index (κ3) is 5.48. The smallest absolute Gasteiger partial charge is 0.252 e. The Morgan fingerprint density at radius 2 is 1.92 bits per heavy atom. The van der Waals surface area contributed by atoms with E-state index in [0.717, 1.165) is 47.3 Å². The van der Waals surface area contributed by atoms with Crippen molar-refractivity contribution in [2.45, 2.75) is 104 Å². The second-order valence-electron chi connectivity index (χ2n) is 11.1. The fourth-order valence-corrected chi connectivity index (χ4v) is 5.46. The molecule has 1 aromatic carbocycles. The highest BCUT2D eigenvalue weighted by Gasteiger charge is 2.37. The van der Waals surface area contributed by atoms with E-state index in [0.29, 0.717) is 19.2 Å². The maximum absolute atomic E-state index is 13.3. The third-order valence-electron chi connectivity index (χ3n) is 7.79. The van der Waals surface area contributed by atoms with Gasteiger partial charge in [0.15, 0.2) is 5.82 Å². The normalized spacial score (nSPS) is 16.2. The molecule has 8 heteroatoms. The maximum atomic E-state index is 13.3. The van der Waals surface area contributed by atoms with E-state index in [1.807, 2.05) is 35.9 Å². The van der Waals surface area contributed by atoms with Crippen LogP contribution in [0.1, 0.15) is 97.5 Å². The number of nitrogens with zero attached hydrogens (tertiary/aromatic N) is 5. The lowest BCUT2D eigenvalue weighted by Gasteiger charge is -2.42. The second-order valence-corrected chi connectivity index (χ2v) is 11.1. The number of benzene rings is 1. The largest absolute Gasteiger partial charge is 0.494 e. The van der Waals surface area contributed by atoms with Gasteiger partial charge in [-0.25, -0.2) is 4.68 Å². The number of pyridine rings is 1. The van der Waals surface area contributed by atoms with Gasteiger partial charge in [-0.2, -0.15) is 0 Å². The lowest BCUT2D eigenvalue weighted by atomic mass is 9.89. The Labute approximate surface area is 214 Å². The molecule has 1 aliphatic carbocycles. The molecule has 0 saturated heterocycles. The first-order chi connectivity index (χ1) is 17.2. The van der Waals surface area contributed by atoms with Gasteiger partial charge < -0.3 is 9.72 Å². The Morgan fingerprint density at radius 3 is 2.58 bits per heavy atom. The van der Waals surface area contributed by atoms with Gasteiger partial charge in [0, 0.05) is 29.1 Å². The van der Waals surface area contributed by atoms with Gasteiger partial charge in [-0.05, 0) is 80.6 Å². The number of hydrogen-bond acceptors (Lipinski definition) is 6. The number of nitrogens with one attached hydrogen (secondary N) is 1. The van der Waals surface area contributed by atoms with Gasteiger partial charge in [-0.15, -0.1) is 5.10 Å². The van der Waals surface area contributed by atoms with Crippen molar-refractivity contribution >= 4 is 10.9 Å². The lowest BCUT2D eigenvalue weighted by molar-refractivity contribution is 0.0572. The Morgan fingerprint density at radius 1 is 1.17 bits per heavy atom. The zero-order valence-corrected chi connectivity index (χ0v) is 22.8. The number of H-pyrrole nitrogens is 1. The van der Waals surface area contributed by atoms with Crippen molar-refractivity contribution in [3.05, 3.63) is 46.0 Å². The first kappa shape index (κ1) is 26.3. The predicted molar refractivity (Wildman–Crippen MR) is 143 cm³/mol. The molecule has 1 aliphatic rings. The number of rotatable bonds is 10. The first-order valence-electron chi connectivity index (χ1n) is 13.6. The number of ether oxygens (including phenoxy) is 1. The van der Waals surface area contributed by atoms with Gasteiger partial charge in [0.05, 0.1) is 18.2 Å². The van der Waals surface area contributed by atoms with Crippen LogP contribution in [0.25, 0.3) is 10.9 Å². The first-order valence-corrected chi connectivity index (χ1v) is 13.6. The minimum Gasteiger partial charge on any atom is -0.494 e. The molecule has 3 aromatic rings. The zero-order valence-electron chi connectivity index (χ0n) is 22.8. The van der Waals surface area contributed by atoms with Crippen molar-refractivity contribution in [3.63, 3.8) is 0 Å². The van der Waals surface area contributed by atoms with Crippen molar-refractivity contribution in [2.75, 3.05) is 6.61 Å². The molecule has 1 saturated carbocycles. The van der Waals surface area contributed by atoms with E-state index in [9.17, 15) is 4.79 Å². The highest BCUT2D eigenvalue weighted by molar-refractivity contribution is 5.80. The molecule has 4 rings (SSSR count).